The van der Waals surface area contributed by atoms with Crippen LogP contribution in [0.25, 0.3) is 11.3 Å². The van der Waals surface area contributed by atoms with Gasteiger partial charge in [0.2, 0.25) is 0 Å². The van der Waals surface area contributed by atoms with Crippen molar-refractivity contribution in [1.29, 1.82) is 0 Å². The quantitative estimate of drug-likeness (QED) is 0.689. The Bertz CT molecular complexity index is 841. The van der Waals surface area contributed by atoms with Gasteiger partial charge in [0.25, 0.3) is 5.91 Å². The lowest BCUT2D eigenvalue weighted by Crippen LogP contribution is -2.34. The number of carbonyl (C=O) groups is 1. The fraction of sp³-hybridized carbons (Fsp3) is 0.263. The first-order valence-corrected chi connectivity index (χ1v) is 9.05. The first-order chi connectivity index (χ1) is 12.6. The Hall–Kier alpha value is -2.64. The summed E-state index contributed by atoms with van der Waals surface area (Å²) in [5.74, 6) is 1.05. The monoisotopic (exact) mass is 371 g/mol. The van der Waals surface area contributed by atoms with E-state index in [1.165, 1.54) is 4.88 Å². The zero-order valence-electron chi connectivity index (χ0n) is 14.9. The number of likely N-dealkylation sites (N-methyl/N-ethyl adjacent to an activating group) is 1. The van der Waals surface area contributed by atoms with Crippen molar-refractivity contribution in [3.63, 3.8) is 0 Å². The number of aromatic nitrogens is 1. The van der Waals surface area contributed by atoms with Crippen LogP contribution in [-0.2, 0) is 0 Å². The molecule has 2 aromatic heterocycles. The van der Waals surface area contributed by atoms with Crippen LogP contribution in [0.15, 0.2) is 52.4 Å². The van der Waals surface area contributed by atoms with E-state index in [9.17, 15) is 4.79 Å². The number of ether oxygens (including phenoxy) is 1. The molecule has 136 valence electrons. The van der Waals surface area contributed by atoms with E-state index in [0.717, 1.165) is 11.3 Å². The SMILES string of the molecule is COc1ccc(-c2cc(C(=O)NC[C@H](c3cccs3)N(C)C)no2)cc1. The second-order valence-corrected chi connectivity index (χ2v) is 6.99. The largest absolute Gasteiger partial charge is 0.497 e. The summed E-state index contributed by atoms with van der Waals surface area (Å²) < 4.78 is 10.5. The Kier molecular flexibility index (Phi) is 5.70. The molecule has 1 atom stereocenters. The predicted octanol–water partition coefficient (Wildman–Crippen LogP) is 3.44. The van der Waals surface area contributed by atoms with Crippen LogP contribution in [0, 0.1) is 0 Å². The highest BCUT2D eigenvalue weighted by atomic mass is 32.1. The number of rotatable bonds is 7. The third-order valence-corrected chi connectivity index (χ3v) is 5.04. The molecule has 0 aliphatic heterocycles. The van der Waals surface area contributed by atoms with Gasteiger partial charge in [-0.05, 0) is 49.8 Å². The van der Waals surface area contributed by atoms with Gasteiger partial charge in [-0.1, -0.05) is 11.2 Å². The Morgan fingerprint density at radius 3 is 2.69 bits per heavy atom. The van der Waals surface area contributed by atoms with Gasteiger partial charge >= 0.3 is 0 Å². The fourth-order valence-corrected chi connectivity index (χ4v) is 3.49. The van der Waals surface area contributed by atoms with Crippen molar-refractivity contribution in [3.05, 3.63) is 58.4 Å². The molecule has 0 saturated carbocycles. The number of hydrogen-bond acceptors (Lipinski definition) is 6. The molecule has 0 aliphatic rings. The number of methoxy groups -OCH3 is 1. The van der Waals surface area contributed by atoms with E-state index in [1.54, 1.807) is 24.5 Å². The smallest absolute Gasteiger partial charge is 0.273 e. The van der Waals surface area contributed by atoms with E-state index in [-0.39, 0.29) is 17.6 Å². The molecule has 3 aromatic rings. The lowest BCUT2D eigenvalue weighted by molar-refractivity contribution is 0.0933. The highest BCUT2D eigenvalue weighted by Gasteiger charge is 2.19. The molecule has 26 heavy (non-hydrogen) atoms. The molecule has 7 heteroatoms. The summed E-state index contributed by atoms with van der Waals surface area (Å²) in [6.45, 7) is 0.497. The van der Waals surface area contributed by atoms with Crippen LogP contribution in [0.1, 0.15) is 21.4 Å². The number of nitrogens with one attached hydrogen (secondary N) is 1. The Balaban J connectivity index is 1.66. The second-order valence-electron chi connectivity index (χ2n) is 6.01. The van der Waals surface area contributed by atoms with Crippen molar-refractivity contribution in [3.8, 4) is 17.1 Å². The van der Waals surface area contributed by atoms with Gasteiger partial charge in [0.15, 0.2) is 11.5 Å². The summed E-state index contributed by atoms with van der Waals surface area (Å²) in [5, 5.41) is 8.86. The zero-order chi connectivity index (χ0) is 18.5. The molecule has 6 nitrogen and oxygen atoms in total. The molecule has 2 heterocycles. The number of thiophene rings is 1. The van der Waals surface area contributed by atoms with Gasteiger partial charge in [-0.25, -0.2) is 0 Å². The van der Waals surface area contributed by atoms with Gasteiger partial charge in [-0.2, -0.15) is 0 Å². The third kappa shape index (κ3) is 4.12. The van der Waals surface area contributed by atoms with E-state index >= 15 is 0 Å². The molecule has 3 rings (SSSR count). The highest BCUT2D eigenvalue weighted by Crippen LogP contribution is 2.24. The number of nitrogens with zero attached hydrogens (tertiary/aromatic N) is 2. The second kappa shape index (κ2) is 8.16. The average Bonchev–Trinajstić information content (AvgIpc) is 3.34. The van der Waals surface area contributed by atoms with Crippen molar-refractivity contribution < 1.29 is 14.1 Å². The summed E-state index contributed by atoms with van der Waals surface area (Å²) in [5.41, 5.74) is 1.10. The van der Waals surface area contributed by atoms with E-state index in [2.05, 4.69) is 21.4 Å². The summed E-state index contributed by atoms with van der Waals surface area (Å²) in [6.07, 6.45) is 0. The molecule has 0 radical (unpaired) electrons. The van der Waals surface area contributed by atoms with Crippen molar-refractivity contribution in [2.75, 3.05) is 27.7 Å². The molecule has 0 saturated heterocycles. The van der Waals surface area contributed by atoms with E-state index < -0.39 is 0 Å². The van der Waals surface area contributed by atoms with Crippen LogP contribution >= 0.6 is 11.3 Å². The maximum absolute atomic E-state index is 12.4. The molecular weight excluding hydrogens is 350 g/mol. The lowest BCUT2D eigenvalue weighted by Gasteiger charge is -2.23. The van der Waals surface area contributed by atoms with Gasteiger partial charge in [0.1, 0.15) is 5.75 Å². The van der Waals surface area contributed by atoms with Crippen molar-refractivity contribution in [2.45, 2.75) is 6.04 Å². The average molecular weight is 371 g/mol. The van der Waals surface area contributed by atoms with Gasteiger partial charge in [-0.15, -0.1) is 11.3 Å². The molecule has 1 N–H and O–H groups in total. The number of hydrogen-bond donors (Lipinski definition) is 1. The van der Waals surface area contributed by atoms with E-state index in [4.69, 9.17) is 9.26 Å². The van der Waals surface area contributed by atoms with Crippen molar-refractivity contribution in [1.82, 2.24) is 15.4 Å². The zero-order valence-corrected chi connectivity index (χ0v) is 15.7. The van der Waals surface area contributed by atoms with Crippen LogP contribution in [0.3, 0.4) is 0 Å². The van der Waals surface area contributed by atoms with E-state index in [0.29, 0.717) is 12.3 Å². The molecule has 1 amide bonds. The Morgan fingerprint density at radius 2 is 2.08 bits per heavy atom. The van der Waals surface area contributed by atoms with E-state index in [1.807, 2.05) is 49.8 Å². The first kappa shape index (κ1) is 18.2. The minimum absolute atomic E-state index is 0.118. The topological polar surface area (TPSA) is 67.6 Å². The summed E-state index contributed by atoms with van der Waals surface area (Å²) in [6, 6.07) is 13.2. The van der Waals surface area contributed by atoms with Gasteiger partial charge in [0, 0.05) is 23.1 Å². The summed E-state index contributed by atoms with van der Waals surface area (Å²) >= 11 is 1.67. The molecule has 0 fully saturated rings. The number of carbonyl (C=O) groups excluding carboxylic acids is 1. The summed E-state index contributed by atoms with van der Waals surface area (Å²) in [4.78, 5) is 15.7. The van der Waals surface area contributed by atoms with Crippen LogP contribution in [-0.4, -0.2) is 43.7 Å². The molecule has 0 bridgehead atoms. The molecule has 0 unspecified atom stereocenters. The van der Waals surface area contributed by atoms with Crippen molar-refractivity contribution in [2.24, 2.45) is 0 Å². The number of amides is 1. The fourth-order valence-electron chi connectivity index (χ4n) is 2.57. The predicted molar refractivity (Wildman–Crippen MR) is 102 cm³/mol. The normalized spacial score (nSPS) is 12.2. The van der Waals surface area contributed by atoms with Gasteiger partial charge in [0.05, 0.1) is 13.2 Å². The minimum Gasteiger partial charge on any atom is -0.497 e. The molecule has 1 aromatic carbocycles. The third-order valence-electron chi connectivity index (χ3n) is 4.07. The summed E-state index contributed by atoms with van der Waals surface area (Å²) in [7, 11) is 5.60. The van der Waals surface area contributed by atoms with Crippen LogP contribution < -0.4 is 10.1 Å². The Labute approximate surface area is 156 Å². The van der Waals surface area contributed by atoms with Crippen molar-refractivity contribution >= 4 is 17.2 Å². The van der Waals surface area contributed by atoms with Gasteiger partial charge < -0.3 is 19.5 Å². The standard InChI is InChI=1S/C19H21N3O3S/c1-22(2)16(18-5-4-10-26-18)12-20-19(23)15-11-17(25-21-15)13-6-8-14(24-3)9-7-13/h4-11,16H,12H2,1-3H3,(H,20,23)/t16-/m1/s1. The highest BCUT2D eigenvalue weighted by molar-refractivity contribution is 7.10. The molecule has 0 aliphatic carbocycles. The maximum Gasteiger partial charge on any atom is 0.273 e. The van der Waals surface area contributed by atoms with Crippen LogP contribution in [0.4, 0.5) is 0 Å². The van der Waals surface area contributed by atoms with Crippen LogP contribution in [0.5, 0.6) is 5.75 Å². The molecular formula is C19H21N3O3S. The Morgan fingerprint density at radius 1 is 1.31 bits per heavy atom. The first-order valence-electron chi connectivity index (χ1n) is 8.17. The lowest BCUT2D eigenvalue weighted by atomic mass is 10.1. The van der Waals surface area contributed by atoms with Crippen LogP contribution in [0.2, 0.25) is 0 Å². The minimum atomic E-state index is -0.253. The maximum atomic E-state index is 12.4. The van der Waals surface area contributed by atoms with Gasteiger partial charge in [-0.3, -0.25) is 4.79 Å². The molecule has 0 spiro atoms. The number of benzene rings is 1.